The molecule has 68 valence electrons. The van der Waals surface area contributed by atoms with Gasteiger partial charge in [-0.2, -0.15) is 0 Å². The zero-order valence-corrected chi connectivity index (χ0v) is 7.92. The van der Waals surface area contributed by atoms with E-state index in [1.807, 2.05) is 17.6 Å². The summed E-state index contributed by atoms with van der Waals surface area (Å²) >= 11 is 1.69. The van der Waals surface area contributed by atoms with Gasteiger partial charge in [-0.1, -0.05) is 6.07 Å². The maximum absolute atomic E-state index is 5.98. The fourth-order valence-corrected chi connectivity index (χ4v) is 1.95. The van der Waals surface area contributed by atoms with E-state index in [-0.39, 0.29) is 6.04 Å². The summed E-state index contributed by atoms with van der Waals surface area (Å²) in [5.74, 6) is 0.945. The SMILES string of the molecule is NC(Cc1ncc[nH]1)c1cccs1. The van der Waals surface area contributed by atoms with Crippen molar-refractivity contribution in [2.45, 2.75) is 12.5 Å². The molecule has 0 aliphatic rings. The van der Waals surface area contributed by atoms with Crippen molar-refractivity contribution in [1.82, 2.24) is 9.97 Å². The summed E-state index contributed by atoms with van der Waals surface area (Å²) in [6, 6.07) is 4.13. The van der Waals surface area contributed by atoms with E-state index in [2.05, 4.69) is 16.0 Å². The highest BCUT2D eigenvalue weighted by Crippen LogP contribution is 2.18. The molecule has 0 amide bonds. The minimum absolute atomic E-state index is 0.0612. The lowest BCUT2D eigenvalue weighted by atomic mass is 10.2. The normalized spacial score (nSPS) is 13.0. The molecule has 0 radical (unpaired) electrons. The van der Waals surface area contributed by atoms with Gasteiger partial charge in [-0.3, -0.25) is 0 Å². The zero-order valence-electron chi connectivity index (χ0n) is 7.10. The number of hydrogen-bond acceptors (Lipinski definition) is 3. The van der Waals surface area contributed by atoms with Gasteiger partial charge in [0.25, 0.3) is 0 Å². The van der Waals surface area contributed by atoms with Crippen molar-refractivity contribution in [3.05, 3.63) is 40.6 Å². The van der Waals surface area contributed by atoms with Crippen molar-refractivity contribution in [1.29, 1.82) is 0 Å². The Morgan fingerprint density at radius 3 is 3.15 bits per heavy atom. The first-order valence-corrected chi connectivity index (χ1v) is 5.01. The molecule has 0 spiro atoms. The van der Waals surface area contributed by atoms with Crippen LogP contribution in [0.5, 0.6) is 0 Å². The van der Waals surface area contributed by atoms with Gasteiger partial charge >= 0.3 is 0 Å². The lowest BCUT2D eigenvalue weighted by Crippen LogP contribution is -2.12. The van der Waals surface area contributed by atoms with Crippen molar-refractivity contribution in [2.24, 2.45) is 5.73 Å². The van der Waals surface area contributed by atoms with Gasteiger partial charge in [-0.05, 0) is 11.4 Å². The Bertz CT molecular complexity index is 339. The van der Waals surface area contributed by atoms with E-state index >= 15 is 0 Å². The molecule has 0 bridgehead atoms. The van der Waals surface area contributed by atoms with E-state index in [0.717, 1.165) is 12.2 Å². The minimum Gasteiger partial charge on any atom is -0.349 e. The summed E-state index contributed by atoms with van der Waals surface area (Å²) in [5.41, 5.74) is 5.98. The molecule has 3 N–H and O–H groups in total. The molecule has 3 nitrogen and oxygen atoms in total. The Hall–Kier alpha value is -1.13. The number of nitrogens with two attached hydrogens (primary N) is 1. The molecule has 0 fully saturated rings. The molecule has 0 saturated heterocycles. The van der Waals surface area contributed by atoms with Gasteiger partial charge in [0.2, 0.25) is 0 Å². The van der Waals surface area contributed by atoms with Crippen LogP contribution in [-0.4, -0.2) is 9.97 Å². The van der Waals surface area contributed by atoms with Crippen molar-refractivity contribution in [3.63, 3.8) is 0 Å². The van der Waals surface area contributed by atoms with Crippen LogP contribution in [0.2, 0.25) is 0 Å². The Labute approximate surface area is 80.6 Å². The van der Waals surface area contributed by atoms with Crippen molar-refractivity contribution >= 4 is 11.3 Å². The summed E-state index contributed by atoms with van der Waals surface area (Å²) in [5, 5.41) is 2.04. The molecule has 2 aromatic rings. The summed E-state index contributed by atoms with van der Waals surface area (Å²) in [7, 11) is 0. The lowest BCUT2D eigenvalue weighted by molar-refractivity contribution is 0.707. The Balaban J connectivity index is 2.04. The van der Waals surface area contributed by atoms with Gasteiger partial charge in [0.05, 0.1) is 0 Å². The van der Waals surface area contributed by atoms with Crippen LogP contribution in [0.3, 0.4) is 0 Å². The van der Waals surface area contributed by atoms with Gasteiger partial charge in [0.1, 0.15) is 5.82 Å². The largest absolute Gasteiger partial charge is 0.349 e. The molecule has 2 rings (SSSR count). The zero-order chi connectivity index (χ0) is 9.10. The number of aromatic nitrogens is 2. The topological polar surface area (TPSA) is 54.7 Å². The van der Waals surface area contributed by atoms with Gasteiger partial charge < -0.3 is 10.7 Å². The van der Waals surface area contributed by atoms with E-state index < -0.39 is 0 Å². The number of thiophene rings is 1. The summed E-state index contributed by atoms with van der Waals surface area (Å²) in [6.45, 7) is 0. The molecule has 13 heavy (non-hydrogen) atoms. The minimum atomic E-state index is 0.0612. The molecule has 1 unspecified atom stereocenters. The lowest BCUT2D eigenvalue weighted by Gasteiger charge is -2.06. The Morgan fingerprint density at radius 2 is 2.54 bits per heavy atom. The number of nitrogens with one attached hydrogen (secondary N) is 1. The molecule has 0 aliphatic carbocycles. The first-order chi connectivity index (χ1) is 6.36. The van der Waals surface area contributed by atoms with Gasteiger partial charge in [0.15, 0.2) is 0 Å². The highest BCUT2D eigenvalue weighted by Gasteiger charge is 2.08. The Kier molecular flexibility index (Phi) is 2.42. The van der Waals surface area contributed by atoms with Crippen LogP contribution in [0.1, 0.15) is 16.7 Å². The smallest absolute Gasteiger partial charge is 0.107 e. The molecule has 2 heterocycles. The first kappa shape index (κ1) is 8.47. The van der Waals surface area contributed by atoms with Crippen LogP contribution >= 0.6 is 11.3 Å². The molecular formula is C9H11N3S. The van der Waals surface area contributed by atoms with Crippen LogP contribution in [-0.2, 0) is 6.42 Å². The van der Waals surface area contributed by atoms with E-state index in [1.54, 1.807) is 17.5 Å². The predicted molar refractivity (Wildman–Crippen MR) is 53.5 cm³/mol. The quantitative estimate of drug-likeness (QED) is 0.779. The van der Waals surface area contributed by atoms with Gasteiger partial charge in [-0.25, -0.2) is 4.98 Å². The Morgan fingerprint density at radius 1 is 1.62 bits per heavy atom. The third-order valence-electron chi connectivity index (χ3n) is 1.88. The average molecular weight is 193 g/mol. The van der Waals surface area contributed by atoms with Gasteiger partial charge in [0, 0.05) is 29.7 Å². The summed E-state index contributed by atoms with van der Waals surface area (Å²) < 4.78 is 0. The molecule has 2 aromatic heterocycles. The number of rotatable bonds is 3. The third-order valence-corrected chi connectivity index (χ3v) is 2.88. The van der Waals surface area contributed by atoms with Crippen LogP contribution in [0.4, 0.5) is 0 Å². The van der Waals surface area contributed by atoms with Gasteiger partial charge in [-0.15, -0.1) is 11.3 Å². The van der Waals surface area contributed by atoms with E-state index in [9.17, 15) is 0 Å². The van der Waals surface area contributed by atoms with Crippen LogP contribution in [0.25, 0.3) is 0 Å². The number of aromatic amines is 1. The van der Waals surface area contributed by atoms with E-state index in [0.29, 0.717) is 0 Å². The second-order valence-electron chi connectivity index (χ2n) is 2.86. The van der Waals surface area contributed by atoms with E-state index in [4.69, 9.17) is 5.73 Å². The van der Waals surface area contributed by atoms with Crippen molar-refractivity contribution in [3.8, 4) is 0 Å². The summed E-state index contributed by atoms with van der Waals surface area (Å²) in [6.07, 6.45) is 4.33. The maximum Gasteiger partial charge on any atom is 0.107 e. The maximum atomic E-state index is 5.98. The molecule has 4 heteroatoms. The average Bonchev–Trinajstić information content (AvgIpc) is 2.74. The van der Waals surface area contributed by atoms with Crippen LogP contribution < -0.4 is 5.73 Å². The standard InChI is InChI=1S/C9H11N3S/c10-7(8-2-1-5-13-8)6-9-11-3-4-12-9/h1-5,7H,6,10H2,(H,11,12). The van der Waals surface area contributed by atoms with Crippen molar-refractivity contribution in [2.75, 3.05) is 0 Å². The second kappa shape index (κ2) is 3.72. The van der Waals surface area contributed by atoms with Crippen molar-refractivity contribution < 1.29 is 0 Å². The molecule has 0 aliphatic heterocycles. The molecule has 0 aromatic carbocycles. The number of nitrogens with zero attached hydrogens (tertiary/aromatic N) is 1. The molecule has 1 atom stereocenters. The fourth-order valence-electron chi connectivity index (χ4n) is 1.22. The van der Waals surface area contributed by atoms with Crippen LogP contribution in [0.15, 0.2) is 29.9 Å². The first-order valence-electron chi connectivity index (χ1n) is 4.13. The second-order valence-corrected chi connectivity index (χ2v) is 3.84. The predicted octanol–water partition coefficient (Wildman–Crippen LogP) is 1.71. The highest BCUT2D eigenvalue weighted by molar-refractivity contribution is 7.10. The highest BCUT2D eigenvalue weighted by atomic mass is 32.1. The third kappa shape index (κ3) is 1.96. The monoisotopic (exact) mass is 193 g/mol. The van der Waals surface area contributed by atoms with Crippen LogP contribution in [0, 0.1) is 0 Å². The fraction of sp³-hybridized carbons (Fsp3) is 0.222. The number of hydrogen-bond donors (Lipinski definition) is 2. The molecular weight excluding hydrogens is 182 g/mol. The number of imidazole rings is 1. The number of H-pyrrole nitrogens is 1. The van der Waals surface area contributed by atoms with E-state index in [1.165, 1.54) is 4.88 Å². The summed E-state index contributed by atoms with van der Waals surface area (Å²) in [4.78, 5) is 8.38. The molecule has 0 saturated carbocycles.